The number of oxazole rings is 1. The van der Waals surface area contributed by atoms with E-state index in [1.807, 2.05) is 4.90 Å². The van der Waals surface area contributed by atoms with Crippen molar-refractivity contribution in [2.75, 3.05) is 45.9 Å². The Bertz CT molecular complexity index is 580. The lowest BCUT2D eigenvalue weighted by Gasteiger charge is -2.58. The van der Waals surface area contributed by atoms with Crippen LogP contribution in [0.4, 0.5) is 0 Å². The van der Waals surface area contributed by atoms with E-state index in [0.717, 1.165) is 45.9 Å². The fraction of sp³-hybridized carbons (Fsp3) is 0.765. The molecule has 2 aliphatic heterocycles. The molecule has 4 rings (SSSR count). The third-order valence-electron chi connectivity index (χ3n) is 5.98. The molecule has 6 nitrogen and oxygen atoms in total. The molecule has 1 aliphatic carbocycles. The van der Waals surface area contributed by atoms with Gasteiger partial charge in [-0.15, -0.1) is 0 Å². The highest BCUT2D eigenvalue weighted by atomic mass is 16.5. The molecule has 0 N–H and O–H groups in total. The molecular formula is C17H25N3O3. The molecule has 0 spiro atoms. The van der Waals surface area contributed by atoms with Gasteiger partial charge in [0.05, 0.1) is 13.2 Å². The maximum atomic E-state index is 12.6. The Hall–Kier alpha value is -1.40. The van der Waals surface area contributed by atoms with Crippen molar-refractivity contribution in [3.05, 3.63) is 18.4 Å². The number of ether oxygens (including phenoxy) is 1. The lowest BCUT2D eigenvalue weighted by atomic mass is 9.48. The minimum absolute atomic E-state index is 0.00491. The number of hydrogen-bond donors (Lipinski definition) is 0. The second-order valence-corrected chi connectivity index (χ2v) is 8.03. The number of morpholine rings is 1. The van der Waals surface area contributed by atoms with Crippen LogP contribution in [-0.4, -0.2) is 66.6 Å². The van der Waals surface area contributed by atoms with Gasteiger partial charge in [-0.2, -0.15) is 0 Å². The van der Waals surface area contributed by atoms with Crippen LogP contribution in [0.2, 0.25) is 0 Å². The van der Waals surface area contributed by atoms with E-state index in [-0.39, 0.29) is 11.3 Å². The Balaban J connectivity index is 1.51. The quantitative estimate of drug-likeness (QED) is 0.845. The lowest BCUT2D eigenvalue weighted by molar-refractivity contribution is -0.0966. The highest BCUT2D eigenvalue weighted by molar-refractivity contribution is 5.92. The number of rotatable bonds is 3. The molecule has 1 aromatic rings. The van der Waals surface area contributed by atoms with E-state index in [0.29, 0.717) is 17.0 Å². The monoisotopic (exact) mass is 319 g/mol. The van der Waals surface area contributed by atoms with Gasteiger partial charge in [0.1, 0.15) is 6.26 Å². The SMILES string of the molecule is CC1(C)C[C@]2(CN3CCOCC3)CN(C(=O)c3cocn3)C[C@H]12. The van der Waals surface area contributed by atoms with Gasteiger partial charge in [0.25, 0.3) is 5.91 Å². The summed E-state index contributed by atoms with van der Waals surface area (Å²) >= 11 is 0. The van der Waals surface area contributed by atoms with Gasteiger partial charge in [-0.05, 0) is 17.8 Å². The number of fused-ring (bicyclic) bond motifs is 1. The molecule has 3 fully saturated rings. The zero-order chi connectivity index (χ0) is 16.1. The predicted octanol–water partition coefficient (Wildman–Crippen LogP) is 1.50. The first-order valence-corrected chi connectivity index (χ1v) is 8.48. The van der Waals surface area contributed by atoms with Crippen LogP contribution in [-0.2, 0) is 4.74 Å². The summed E-state index contributed by atoms with van der Waals surface area (Å²) in [6, 6.07) is 0. The fourth-order valence-corrected chi connectivity index (χ4v) is 5.18. The fourth-order valence-electron chi connectivity index (χ4n) is 5.18. The maximum Gasteiger partial charge on any atom is 0.275 e. The smallest absolute Gasteiger partial charge is 0.275 e. The van der Waals surface area contributed by atoms with E-state index >= 15 is 0 Å². The normalized spacial score (nSPS) is 33.3. The second kappa shape index (κ2) is 5.31. The summed E-state index contributed by atoms with van der Waals surface area (Å²) in [5, 5.41) is 0. The number of likely N-dealkylation sites (tertiary alicyclic amines) is 1. The van der Waals surface area contributed by atoms with E-state index in [1.54, 1.807) is 0 Å². The van der Waals surface area contributed by atoms with Crippen LogP contribution in [0.1, 0.15) is 30.8 Å². The van der Waals surface area contributed by atoms with E-state index in [2.05, 4.69) is 23.7 Å². The average Bonchev–Trinajstić information content (AvgIpc) is 3.14. The number of hydrogen-bond acceptors (Lipinski definition) is 5. The Morgan fingerprint density at radius 2 is 2.17 bits per heavy atom. The molecular weight excluding hydrogens is 294 g/mol. The summed E-state index contributed by atoms with van der Waals surface area (Å²) < 4.78 is 10.4. The Morgan fingerprint density at radius 3 is 2.83 bits per heavy atom. The summed E-state index contributed by atoms with van der Waals surface area (Å²) in [7, 11) is 0. The molecule has 23 heavy (non-hydrogen) atoms. The van der Waals surface area contributed by atoms with Crippen molar-refractivity contribution in [3.63, 3.8) is 0 Å². The molecule has 1 amide bonds. The zero-order valence-corrected chi connectivity index (χ0v) is 14.0. The molecule has 1 aromatic heterocycles. The highest BCUT2D eigenvalue weighted by Gasteiger charge is 2.63. The van der Waals surface area contributed by atoms with Crippen LogP contribution >= 0.6 is 0 Å². The predicted molar refractivity (Wildman–Crippen MR) is 84.0 cm³/mol. The van der Waals surface area contributed by atoms with Crippen LogP contribution in [0, 0.1) is 16.7 Å². The summed E-state index contributed by atoms with van der Waals surface area (Å²) in [5.74, 6) is 0.569. The van der Waals surface area contributed by atoms with Crippen LogP contribution in [0.25, 0.3) is 0 Å². The number of carbonyl (C=O) groups excluding carboxylic acids is 1. The van der Waals surface area contributed by atoms with Crippen LogP contribution in [0.15, 0.2) is 17.1 Å². The van der Waals surface area contributed by atoms with Crippen molar-refractivity contribution in [1.82, 2.24) is 14.8 Å². The molecule has 1 saturated carbocycles. The molecule has 3 aliphatic rings. The summed E-state index contributed by atoms with van der Waals surface area (Å²) in [6.07, 6.45) is 3.96. The first-order valence-electron chi connectivity index (χ1n) is 8.48. The Kier molecular flexibility index (Phi) is 3.50. The second-order valence-electron chi connectivity index (χ2n) is 8.03. The Morgan fingerprint density at radius 1 is 1.39 bits per heavy atom. The molecule has 6 heteroatoms. The van der Waals surface area contributed by atoms with Crippen LogP contribution in [0.3, 0.4) is 0 Å². The molecule has 0 aromatic carbocycles. The van der Waals surface area contributed by atoms with Gasteiger partial charge in [0, 0.05) is 38.1 Å². The summed E-state index contributed by atoms with van der Waals surface area (Å²) in [5.41, 5.74) is 0.969. The van der Waals surface area contributed by atoms with Crippen molar-refractivity contribution in [1.29, 1.82) is 0 Å². The molecule has 2 atom stereocenters. The number of nitrogens with zero attached hydrogens (tertiary/aromatic N) is 3. The molecule has 0 unspecified atom stereocenters. The highest BCUT2D eigenvalue weighted by Crippen LogP contribution is 2.63. The van der Waals surface area contributed by atoms with Gasteiger partial charge in [-0.3, -0.25) is 9.69 Å². The van der Waals surface area contributed by atoms with E-state index in [1.165, 1.54) is 19.1 Å². The number of amides is 1. The van der Waals surface area contributed by atoms with Crippen LogP contribution in [0.5, 0.6) is 0 Å². The molecule has 0 bridgehead atoms. The largest absolute Gasteiger partial charge is 0.451 e. The molecule has 3 heterocycles. The third-order valence-corrected chi connectivity index (χ3v) is 5.98. The number of carbonyl (C=O) groups is 1. The van der Waals surface area contributed by atoms with Crippen molar-refractivity contribution in [3.8, 4) is 0 Å². The standard InChI is InChI=1S/C17H25N3O3/c1-16(2)9-17(10-19-3-5-22-6-4-19)11-20(7-14(16)17)15(21)13-8-23-12-18-13/h8,12,14H,3-7,9-11H2,1-2H3/t14-,17+/m1/s1. The minimum atomic E-state index is 0.00491. The van der Waals surface area contributed by atoms with Crippen molar-refractivity contribution < 1.29 is 13.9 Å². The van der Waals surface area contributed by atoms with Gasteiger partial charge < -0.3 is 14.1 Å². The third kappa shape index (κ3) is 2.48. The van der Waals surface area contributed by atoms with E-state index in [9.17, 15) is 4.79 Å². The molecule has 126 valence electrons. The van der Waals surface area contributed by atoms with Gasteiger partial charge in [0.2, 0.25) is 0 Å². The topological polar surface area (TPSA) is 58.8 Å². The van der Waals surface area contributed by atoms with Crippen molar-refractivity contribution in [2.45, 2.75) is 20.3 Å². The summed E-state index contributed by atoms with van der Waals surface area (Å²) in [4.78, 5) is 21.2. The molecule has 2 saturated heterocycles. The summed E-state index contributed by atoms with van der Waals surface area (Å²) in [6.45, 7) is 11.1. The zero-order valence-electron chi connectivity index (χ0n) is 14.0. The van der Waals surface area contributed by atoms with Gasteiger partial charge in [0.15, 0.2) is 12.1 Å². The average molecular weight is 319 g/mol. The molecule has 0 radical (unpaired) electrons. The lowest BCUT2D eigenvalue weighted by Crippen LogP contribution is -2.59. The Labute approximate surface area is 136 Å². The van der Waals surface area contributed by atoms with Gasteiger partial charge in [-0.1, -0.05) is 13.8 Å². The van der Waals surface area contributed by atoms with Crippen molar-refractivity contribution >= 4 is 5.91 Å². The van der Waals surface area contributed by atoms with E-state index < -0.39 is 0 Å². The maximum absolute atomic E-state index is 12.6. The van der Waals surface area contributed by atoms with Crippen LogP contribution < -0.4 is 0 Å². The minimum Gasteiger partial charge on any atom is -0.451 e. The van der Waals surface area contributed by atoms with Gasteiger partial charge >= 0.3 is 0 Å². The van der Waals surface area contributed by atoms with Crippen molar-refractivity contribution in [2.24, 2.45) is 16.7 Å². The number of aromatic nitrogens is 1. The first-order chi connectivity index (χ1) is 11.0. The van der Waals surface area contributed by atoms with E-state index in [4.69, 9.17) is 9.15 Å². The van der Waals surface area contributed by atoms with Gasteiger partial charge in [-0.25, -0.2) is 4.98 Å². The first kappa shape index (κ1) is 15.1.